The summed E-state index contributed by atoms with van der Waals surface area (Å²) in [5, 5.41) is 7.75. The number of furan rings is 1. The van der Waals surface area contributed by atoms with E-state index in [2.05, 4.69) is 15.4 Å². The molecule has 0 fully saturated rings. The Kier molecular flexibility index (Phi) is 4.46. The van der Waals surface area contributed by atoms with Gasteiger partial charge in [0.15, 0.2) is 5.58 Å². The average molecular weight is 379 g/mol. The molecule has 4 aromatic heterocycles. The van der Waals surface area contributed by atoms with Crippen LogP contribution in [0.1, 0.15) is 31.2 Å². The van der Waals surface area contributed by atoms with E-state index in [0.29, 0.717) is 29.6 Å². The normalized spacial score (nSPS) is 12.5. The van der Waals surface area contributed by atoms with Crippen molar-refractivity contribution in [3.05, 3.63) is 58.5 Å². The van der Waals surface area contributed by atoms with Gasteiger partial charge in [-0.2, -0.15) is 5.10 Å². The SMILES string of the molecule is CCn1c2cc(C)oc2c2cnn(C(C)C(=O)NCc3ccncc3)c(=O)c21. The van der Waals surface area contributed by atoms with Crippen LogP contribution in [0.3, 0.4) is 0 Å². The monoisotopic (exact) mass is 379 g/mol. The molecule has 0 radical (unpaired) electrons. The Balaban J connectivity index is 1.69. The quantitative estimate of drug-likeness (QED) is 0.575. The van der Waals surface area contributed by atoms with Gasteiger partial charge in [0, 0.05) is 31.5 Å². The van der Waals surface area contributed by atoms with E-state index in [-0.39, 0.29) is 11.5 Å². The highest BCUT2D eigenvalue weighted by Gasteiger charge is 2.23. The van der Waals surface area contributed by atoms with Crippen LogP contribution >= 0.6 is 0 Å². The third-order valence-electron chi connectivity index (χ3n) is 4.90. The van der Waals surface area contributed by atoms with E-state index in [4.69, 9.17) is 4.42 Å². The van der Waals surface area contributed by atoms with Crippen molar-refractivity contribution in [1.29, 1.82) is 0 Å². The third kappa shape index (κ3) is 2.87. The zero-order valence-corrected chi connectivity index (χ0v) is 16.0. The summed E-state index contributed by atoms with van der Waals surface area (Å²) in [5.74, 6) is 0.502. The van der Waals surface area contributed by atoms with Crippen LogP contribution in [0.2, 0.25) is 0 Å². The number of pyridine rings is 1. The summed E-state index contributed by atoms with van der Waals surface area (Å²) in [7, 11) is 0. The van der Waals surface area contributed by atoms with Gasteiger partial charge < -0.3 is 14.3 Å². The Labute approximate surface area is 160 Å². The van der Waals surface area contributed by atoms with Gasteiger partial charge in [0.05, 0.1) is 17.1 Å². The summed E-state index contributed by atoms with van der Waals surface area (Å²) in [6.45, 7) is 6.47. The van der Waals surface area contributed by atoms with Crippen LogP contribution in [0.15, 0.2) is 46.0 Å². The van der Waals surface area contributed by atoms with Crippen LogP contribution in [0.25, 0.3) is 22.0 Å². The Morgan fingerprint density at radius 3 is 2.79 bits per heavy atom. The Morgan fingerprint density at radius 2 is 2.07 bits per heavy atom. The lowest BCUT2D eigenvalue weighted by molar-refractivity contribution is -0.124. The van der Waals surface area contributed by atoms with Crippen molar-refractivity contribution < 1.29 is 9.21 Å². The van der Waals surface area contributed by atoms with Gasteiger partial charge in [0.1, 0.15) is 17.3 Å². The number of aromatic nitrogens is 4. The molecule has 0 aliphatic rings. The van der Waals surface area contributed by atoms with Crippen molar-refractivity contribution >= 4 is 27.9 Å². The molecule has 0 aliphatic heterocycles. The van der Waals surface area contributed by atoms with Crippen molar-refractivity contribution in [1.82, 2.24) is 24.6 Å². The van der Waals surface area contributed by atoms with Gasteiger partial charge in [-0.3, -0.25) is 14.6 Å². The summed E-state index contributed by atoms with van der Waals surface area (Å²) < 4.78 is 8.89. The number of carbonyl (C=O) groups is 1. The van der Waals surface area contributed by atoms with Gasteiger partial charge in [-0.1, -0.05) is 0 Å². The fourth-order valence-corrected chi connectivity index (χ4v) is 3.45. The highest BCUT2D eigenvalue weighted by Crippen LogP contribution is 2.29. The minimum atomic E-state index is -0.744. The molecule has 1 N–H and O–H groups in total. The highest BCUT2D eigenvalue weighted by atomic mass is 16.3. The summed E-state index contributed by atoms with van der Waals surface area (Å²) in [4.78, 5) is 29.7. The van der Waals surface area contributed by atoms with Gasteiger partial charge in [0.2, 0.25) is 5.91 Å². The van der Waals surface area contributed by atoms with Crippen molar-refractivity contribution in [3.63, 3.8) is 0 Å². The molecule has 0 saturated heterocycles. The number of amides is 1. The van der Waals surface area contributed by atoms with E-state index < -0.39 is 6.04 Å². The maximum Gasteiger partial charge on any atom is 0.292 e. The molecule has 1 amide bonds. The molecule has 4 rings (SSSR count). The first-order valence-corrected chi connectivity index (χ1v) is 9.18. The van der Waals surface area contributed by atoms with E-state index in [1.54, 1.807) is 25.5 Å². The lowest BCUT2D eigenvalue weighted by atomic mass is 10.2. The number of rotatable bonds is 5. The van der Waals surface area contributed by atoms with Crippen molar-refractivity contribution in [3.8, 4) is 0 Å². The minimum Gasteiger partial charge on any atom is -0.459 e. The lowest BCUT2D eigenvalue weighted by Crippen LogP contribution is -2.37. The minimum absolute atomic E-state index is 0.278. The topological polar surface area (TPSA) is 94.9 Å². The average Bonchev–Trinajstić information content (AvgIpc) is 3.22. The molecule has 8 nitrogen and oxygen atoms in total. The molecule has 0 bridgehead atoms. The molecule has 1 unspecified atom stereocenters. The van der Waals surface area contributed by atoms with E-state index >= 15 is 0 Å². The first-order valence-electron chi connectivity index (χ1n) is 9.18. The Morgan fingerprint density at radius 1 is 1.32 bits per heavy atom. The summed E-state index contributed by atoms with van der Waals surface area (Å²) in [6, 6.07) is 4.82. The second kappa shape index (κ2) is 6.95. The largest absolute Gasteiger partial charge is 0.459 e. The first-order chi connectivity index (χ1) is 13.5. The van der Waals surface area contributed by atoms with Crippen LogP contribution in [0, 0.1) is 6.92 Å². The third-order valence-corrected chi connectivity index (χ3v) is 4.90. The maximum absolute atomic E-state index is 13.1. The summed E-state index contributed by atoms with van der Waals surface area (Å²) in [6.07, 6.45) is 4.93. The number of carbonyl (C=O) groups excluding carboxylic acids is 1. The molecule has 0 saturated carbocycles. The highest BCUT2D eigenvalue weighted by molar-refractivity contribution is 6.04. The van der Waals surface area contributed by atoms with Gasteiger partial charge in [-0.25, -0.2) is 4.68 Å². The van der Waals surface area contributed by atoms with Crippen LogP contribution in [-0.2, 0) is 17.9 Å². The molecule has 4 aromatic rings. The predicted octanol–water partition coefficient (Wildman–Crippen LogP) is 2.54. The fraction of sp³-hybridized carbons (Fsp3) is 0.300. The second-order valence-corrected chi connectivity index (χ2v) is 6.72. The van der Waals surface area contributed by atoms with Crippen molar-refractivity contribution in [2.75, 3.05) is 0 Å². The standard InChI is InChI=1S/C20H21N5O3/c1-4-24-16-9-12(2)28-18(16)15-11-23-25(20(27)17(15)24)13(3)19(26)22-10-14-5-7-21-8-6-14/h5-9,11,13H,4,10H2,1-3H3,(H,22,26). The molecular weight excluding hydrogens is 358 g/mol. The lowest BCUT2D eigenvalue weighted by Gasteiger charge is -2.14. The second-order valence-electron chi connectivity index (χ2n) is 6.72. The Hall–Kier alpha value is -3.42. The molecule has 28 heavy (non-hydrogen) atoms. The molecule has 1 atom stereocenters. The van der Waals surface area contributed by atoms with Crippen molar-refractivity contribution in [2.45, 2.75) is 39.9 Å². The maximum atomic E-state index is 13.1. The molecule has 0 aromatic carbocycles. The molecular formula is C20H21N5O3. The van der Waals surface area contributed by atoms with Crippen LogP contribution < -0.4 is 10.9 Å². The first kappa shape index (κ1) is 18.0. The molecule has 0 aliphatic carbocycles. The number of nitrogens with one attached hydrogen (secondary N) is 1. The summed E-state index contributed by atoms with van der Waals surface area (Å²) >= 11 is 0. The van der Waals surface area contributed by atoms with Gasteiger partial charge in [-0.05, 0) is 38.5 Å². The molecule has 144 valence electrons. The van der Waals surface area contributed by atoms with E-state index in [0.717, 1.165) is 16.8 Å². The zero-order chi connectivity index (χ0) is 19.8. The van der Waals surface area contributed by atoms with Crippen LogP contribution in [0.5, 0.6) is 0 Å². The predicted molar refractivity (Wildman–Crippen MR) is 105 cm³/mol. The number of hydrogen-bond acceptors (Lipinski definition) is 5. The van der Waals surface area contributed by atoms with Crippen molar-refractivity contribution in [2.24, 2.45) is 0 Å². The van der Waals surface area contributed by atoms with Crippen LogP contribution in [-0.4, -0.2) is 25.2 Å². The van der Waals surface area contributed by atoms with Gasteiger partial charge in [0.25, 0.3) is 5.56 Å². The van der Waals surface area contributed by atoms with Crippen LogP contribution in [0.4, 0.5) is 0 Å². The molecule has 4 heterocycles. The number of aryl methyl sites for hydroxylation is 2. The van der Waals surface area contributed by atoms with E-state index in [1.165, 1.54) is 4.68 Å². The van der Waals surface area contributed by atoms with E-state index in [9.17, 15) is 9.59 Å². The van der Waals surface area contributed by atoms with Gasteiger partial charge in [-0.15, -0.1) is 0 Å². The molecule has 0 spiro atoms. The zero-order valence-electron chi connectivity index (χ0n) is 16.0. The molecule has 8 heteroatoms. The number of fused-ring (bicyclic) bond motifs is 3. The van der Waals surface area contributed by atoms with E-state index in [1.807, 2.05) is 36.6 Å². The summed E-state index contributed by atoms with van der Waals surface area (Å²) in [5.41, 5.74) is 2.64. The Bertz CT molecular complexity index is 1220. The number of nitrogens with zero attached hydrogens (tertiary/aromatic N) is 4. The fourth-order valence-electron chi connectivity index (χ4n) is 3.45. The van der Waals surface area contributed by atoms with Gasteiger partial charge >= 0.3 is 0 Å². The number of hydrogen-bond donors (Lipinski definition) is 1. The smallest absolute Gasteiger partial charge is 0.292 e.